The van der Waals surface area contributed by atoms with E-state index < -0.39 is 5.97 Å². The number of nitrogens with zero attached hydrogens (tertiary/aromatic N) is 2. The standard InChI is InChI=1S/C14H10N2O2S/c1-8-12(14(17)18)19-13(16-8)11-7-15-6-9-4-2-3-5-10(9)11/h2-7H,1H3,(H,17,18). The average Bonchev–Trinajstić information content (AvgIpc) is 2.80. The first-order valence-corrected chi connectivity index (χ1v) is 6.52. The third-order valence-electron chi connectivity index (χ3n) is 2.89. The van der Waals surface area contributed by atoms with Crippen molar-refractivity contribution in [2.45, 2.75) is 6.92 Å². The van der Waals surface area contributed by atoms with Crippen molar-refractivity contribution in [3.05, 3.63) is 47.2 Å². The van der Waals surface area contributed by atoms with Crippen LogP contribution in [0.25, 0.3) is 21.3 Å². The highest BCUT2D eigenvalue weighted by molar-refractivity contribution is 7.17. The highest BCUT2D eigenvalue weighted by Gasteiger charge is 2.16. The molecule has 19 heavy (non-hydrogen) atoms. The molecule has 0 saturated carbocycles. The Bertz CT molecular complexity index is 775. The minimum absolute atomic E-state index is 0.280. The highest BCUT2D eigenvalue weighted by Crippen LogP contribution is 2.32. The van der Waals surface area contributed by atoms with Gasteiger partial charge in [0.15, 0.2) is 0 Å². The summed E-state index contributed by atoms with van der Waals surface area (Å²) in [7, 11) is 0. The summed E-state index contributed by atoms with van der Waals surface area (Å²) in [5.41, 5.74) is 1.42. The molecule has 3 rings (SSSR count). The number of hydrogen-bond acceptors (Lipinski definition) is 4. The molecule has 0 aliphatic rings. The molecule has 0 spiro atoms. The Morgan fingerprint density at radius 3 is 2.79 bits per heavy atom. The Morgan fingerprint density at radius 2 is 2.05 bits per heavy atom. The Hall–Kier alpha value is -2.27. The predicted octanol–water partition coefficient (Wildman–Crippen LogP) is 3.36. The fourth-order valence-corrected chi connectivity index (χ4v) is 2.93. The molecule has 0 radical (unpaired) electrons. The molecular formula is C14H10N2O2S. The van der Waals surface area contributed by atoms with E-state index in [-0.39, 0.29) is 4.88 Å². The lowest BCUT2D eigenvalue weighted by Crippen LogP contribution is -1.94. The number of hydrogen-bond donors (Lipinski definition) is 1. The van der Waals surface area contributed by atoms with Crippen molar-refractivity contribution in [3.63, 3.8) is 0 Å². The zero-order chi connectivity index (χ0) is 13.4. The van der Waals surface area contributed by atoms with Crippen LogP contribution in [0.2, 0.25) is 0 Å². The van der Waals surface area contributed by atoms with Crippen LogP contribution in [0.15, 0.2) is 36.7 Å². The van der Waals surface area contributed by atoms with Gasteiger partial charge in [0.25, 0.3) is 0 Å². The summed E-state index contributed by atoms with van der Waals surface area (Å²) in [5, 5.41) is 11.8. The first-order valence-electron chi connectivity index (χ1n) is 5.70. The lowest BCUT2D eigenvalue weighted by molar-refractivity contribution is 0.0701. The van der Waals surface area contributed by atoms with Crippen LogP contribution in [0.4, 0.5) is 0 Å². The van der Waals surface area contributed by atoms with Gasteiger partial charge in [-0.15, -0.1) is 11.3 Å². The molecule has 94 valence electrons. The summed E-state index contributed by atoms with van der Waals surface area (Å²) in [4.78, 5) is 19.9. The van der Waals surface area contributed by atoms with Crippen molar-refractivity contribution < 1.29 is 9.90 Å². The largest absolute Gasteiger partial charge is 0.477 e. The van der Waals surface area contributed by atoms with Crippen LogP contribution in [-0.2, 0) is 0 Å². The van der Waals surface area contributed by atoms with Gasteiger partial charge in [-0.1, -0.05) is 24.3 Å². The maximum Gasteiger partial charge on any atom is 0.347 e. The number of benzene rings is 1. The van der Waals surface area contributed by atoms with E-state index in [1.54, 1.807) is 19.3 Å². The zero-order valence-corrected chi connectivity index (χ0v) is 10.9. The second-order valence-electron chi connectivity index (χ2n) is 4.15. The molecule has 2 aromatic heterocycles. The second-order valence-corrected chi connectivity index (χ2v) is 5.15. The second kappa shape index (κ2) is 4.44. The number of rotatable bonds is 2. The predicted molar refractivity (Wildman–Crippen MR) is 74.5 cm³/mol. The lowest BCUT2D eigenvalue weighted by Gasteiger charge is -2.01. The average molecular weight is 270 g/mol. The van der Waals surface area contributed by atoms with Gasteiger partial charge in [-0.25, -0.2) is 9.78 Å². The van der Waals surface area contributed by atoms with Crippen molar-refractivity contribution in [2.24, 2.45) is 0 Å². The molecule has 0 bridgehead atoms. The van der Waals surface area contributed by atoms with Crippen LogP contribution >= 0.6 is 11.3 Å². The van der Waals surface area contributed by atoms with Gasteiger partial charge in [0, 0.05) is 23.3 Å². The Labute approximate surface area is 113 Å². The molecule has 0 atom stereocenters. The summed E-state index contributed by atoms with van der Waals surface area (Å²) in [5.74, 6) is -0.936. The molecule has 0 aliphatic carbocycles. The summed E-state index contributed by atoms with van der Waals surface area (Å²) in [6.45, 7) is 1.71. The van der Waals surface area contributed by atoms with Crippen LogP contribution in [0.5, 0.6) is 0 Å². The lowest BCUT2D eigenvalue weighted by atomic mass is 10.1. The van der Waals surface area contributed by atoms with Crippen LogP contribution in [-0.4, -0.2) is 21.0 Å². The van der Waals surface area contributed by atoms with Crippen LogP contribution in [0.1, 0.15) is 15.4 Å². The Morgan fingerprint density at radius 1 is 1.26 bits per heavy atom. The van der Waals surface area contributed by atoms with E-state index >= 15 is 0 Å². The number of pyridine rings is 1. The van der Waals surface area contributed by atoms with Crippen LogP contribution in [0, 0.1) is 6.92 Å². The number of aromatic carboxylic acids is 1. The summed E-state index contributed by atoms with van der Waals surface area (Å²) in [6, 6.07) is 7.86. The van der Waals surface area contributed by atoms with E-state index in [2.05, 4.69) is 9.97 Å². The molecule has 0 fully saturated rings. The van der Waals surface area contributed by atoms with Crippen LogP contribution < -0.4 is 0 Å². The molecule has 4 nitrogen and oxygen atoms in total. The van der Waals surface area contributed by atoms with Gasteiger partial charge in [-0.2, -0.15) is 0 Å². The van der Waals surface area contributed by atoms with Crippen LogP contribution in [0.3, 0.4) is 0 Å². The van der Waals surface area contributed by atoms with E-state index in [0.717, 1.165) is 16.3 Å². The summed E-state index contributed by atoms with van der Waals surface area (Å²) >= 11 is 1.18. The van der Waals surface area contributed by atoms with Crippen molar-refractivity contribution in [2.75, 3.05) is 0 Å². The fourth-order valence-electron chi connectivity index (χ4n) is 2.00. The third kappa shape index (κ3) is 1.98. The monoisotopic (exact) mass is 270 g/mol. The fraction of sp³-hybridized carbons (Fsp3) is 0.0714. The smallest absolute Gasteiger partial charge is 0.347 e. The molecule has 1 N–H and O–H groups in total. The number of carbonyl (C=O) groups is 1. The van der Waals surface area contributed by atoms with Gasteiger partial charge in [0.2, 0.25) is 0 Å². The van der Waals surface area contributed by atoms with Crippen molar-refractivity contribution in [3.8, 4) is 10.6 Å². The molecule has 3 aromatic rings. The third-order valence-corrected chi connectivity index (χ3v) is 4.07. The molecule has 0 saturated heterocycles. The van der Waals surface area contributed by atoms with Gasteiger partial charge >= 0.3 is 5.97 Å². The molecule has 5 heteroatoms. The summed E-state index contributed by atoms with van der Waals surface area (Å²) < 4.78 is 0. The van der Waals surface area contributed by atoms with E-state index in [1.807, 2.05) is 24.3 Å². The van der Waals surface area contributed by atoms with Gasteiger partial charge in [-0.3, -0.25) is 4.98 Å². The number of aromatic nitrogens is 2. The Balaban J connectivity index is 2.25. The van der Waals surface area contributed by atoms with E-state index in [0.29, 0.717) is 10.7 Å². The van der Waals surface area contributed by atoms with Crippen molar-refractivity contribution in [1.82, 2.24) is 9.97 Å². The normalized spacial score (nSPS) is 10.8. The van der Waals surface area contributed by atoms with E-state index in [4.69, 9.17) is 5.11 Å². The number of carboxylic acids is 1. The molecule has 2 heterocycles. The zero-order valence-electron chi connectivity index (χ0n) is 10.1. The maximum absolute atomic E-state index is 11.1. The quantitative estimate of drug-likeness (QED) is 0.775. The first-order chi connectivity index (χ1) is 9.16. The van der Waals surface area contributed by atoms with E-state index in [1.165, 1.54) is 11.3 Å². The highest BCUT2D eigenvalue weighted by atomic mass is 32.1. The SMILES string of the molecule is Cc1nc(-c2cncc3ccccc23)sc1C(=O)O. The topological polar surface area (TPSA) is 63.1 Å². The molecule has 0 amide bonds. The number of fused-ring (bicyclic) bond motifs is 1. The minimum atomic E-state index is -0.936. The maximum atomic E-state index is 11.1. The summed E-state index contributed by atoms with van der Waals surface area (Å²) in [6.07, 6.45) is 3.52. The van der Waals surface area contributed by atoms with Crippen molar-refractivity contribution >= 4 is 28.1 Å². The van der Waals surface area contributed by atoms with Gasteiger partial charge in [0.1, 0.15) is 9.88 Å². The number of aryl methyl sites for hydroxylation is 1. The molecule has 0 unspecified atom stereocenters. The first kappa shape index (κ1) is 11.8. The van der Waals surface area contributed by atoms with Gasteiger partial charge in [-0.05, 0) is 12.3 Å². The van der Waals surface area contributed by atoms with Gasteiger partial charge < -0.3 is 5.11 Å². The minimum Gasteiger partial charge on any atom is -0.477 e. The van der Waals surface area contributed by atoms with Crippen molar-refractivity contribution in [1.29, 1.82) is 0 Å². The number of carboxylic acid groups (broad SMARTS) is 1. The number of thiazole rings is 1. The van der Waals surface area contributed by atoms with Gasteiger partial charge in [0.05, 0.1) is 5.69 Å². The molecular weight excluding hydrogens is 260 g/mol. The molecule has 0 aliphatic heterocycles. The van der Waals surface area contributed by atoms with E-state index in [9.17, 15) is 4.79 Å². The Kier molecular flexibility index (Phi) is 2.76. The molecule has 1 aromatic carbocycles.